The zero-order valence-electron chi connectivity index (χ0n) is 18.3. The summed E-state index contributed by atoms with van der Waals surface area (Å²) in [7, 11) is 0. The molecule has 0 aliphatic heterocycles. The fourth-order valence-electron chi connectivity index (χ4n) is 4.14. The monoisotopic (exact) mass is 408 g/mol. The van der Waals surface area contributed by atoms with E-state index in [4.69, 9.17) is 0 Å². The van der Waals surface area contributed by atoms with Gasteiger partial charge in [-0.25, -0.2) is 4.39 Å². The SMILES string of the molecule is CCCc1ccc(-c2ccc(-c3ccc(C[C@H](C)c4ccccc4)cc3)cc2)cc1F. The van der Waals surface area contributed by atoms with Crippen LogP contribution in [0.4, 0.5) is 4.39 Å². The summed E-state index contributed by atoms with van der Waals surface area (Å²) in [6.07, 6.45) is 2.77. The first-order valence-electron chi connectivity index (χ1n) is 11.2. The van der Waals surface area contributed by atoms with Crippen molar-refractivity contribution in [1.29, 1.82) is 0 Å². The van der Waals surface area contributed by atoms with Gasteiger partial charge in [0.05, 0.1) is 0 Å². The predicted molar refractivity (Wildman–Crippen MR) is 130 cm³/mol. The summed E-state index contributed by atoms with van der Waals surface area (Å²) < 4.78 is 14.3. The molecule has 0 unspecified atom stereocenters. The smallest absolute Gasteiger partial charge is 0.127 e. The standard InChI is InChI=1S/C30H29F/c1-3-7-28-18-19-29(21-30(28)31)27-16-14-26(15-17-27)25-12-10-23(11-13-25)20-22(2)24-8-5-4-6-9-24/h4-6,8-19,21-22H,3,7,20H2,1-2H3/t22-/m0/s1. The van der Waals surface area contributed by atoms with Crippen LogP contribution in [0, 0.1) is 5.82 Å². The Labute approximate surface area is 185 Å². The van der Waals surface area contributed by atoms with Crippen molar-refractivity contribution in [3.63, 3.8) is 0 Å². The van der Waals surface area contributed by atoms with Crippen molar-refractivity contribution in [3.8, 4) is 22.3 Å². The fourth-order valence-corrected chi connectivity index (χ4v) is 4.14. The molecule has 0 amide bonds. The van der Waals surface area contributed by atoms with Gasteiger partial charge in [-0.15, -0.1) is 0 Å². The van der Waals surface area contributed by atoms with E-state index in [2.05, 4.69) is 92.7 Å². The van der Waals surface area contributed by atoms with Crippen molar-refractivity contribution in [2.24, 2.45) is 0 Å². The first-order chi connectivity index (χ1) is 15.1. The number of benzene rings is 4. The minimum atomic E-state index is -0.108. The second-order valence-corrected chi connectivity index (χ2v) is 8.35. The van der Waals surface area contributed by atoms with E-state index in [0.717, 1.165) is 36.0 Å². The largest absolute Gasteiger partial charge is 0.207 e. The number of rotatable bonds is 7. The summed E-state index contributed by atoms with van der Waals surface area (Å²) in [5.41, 5.74) is 7.86. The van der Waals surface area contributed by atoms with Crippen molar-refractivity contribution in [1.82, 2.24) is 0 Å². The fraction of sp³-hybridized carbons (Fsp3) is 0.200. The molecule has 4 aromatic rings. The van der Waals surface area contributed by atoms with Crippen molar-refractivity contribution >= 4 is 0 Å². The minimum absolute atomic E-state index is 0.108. The molecule has 31 heavy (non-hydrogen) atoms. The lowest BCUT2D eigenvalue weighted by Crippen LogP contribution is -1.98. The molecule has 1 atom stereocenters. The Kier molecular flexibility index (Phi) is 6.62. The molecule has 0 nitrogen and oxygen atoms in total. The van der Waals surface area contributed by atoms with Crippen LogP contribution in [0.1, 0.15) is 42.9 Å². The van der Waals surface area contributed by atoms with Crippen LogP contribution in [-0.4, -0.2) is 0 Å². The van der Waals surface area contributed by atoms with E-state index in [1.165, 1.54) is 22.3 Å². The first-order valence-corrected chi connectivity index (χ1v) is 11.2. The molecule has 0 heterocycles. The second kappa shape index (κ2) is 9.75. The van der Waals surface area contributed by atoms with Gasteiger partial charge in [0.15, 0.2) is 0 Å². The van der Waals surface area contributed by atoms with E-state index in [9.17, 15) is 4.39 Å². The van der Waals surface area contributed by atoms with Gasteiger partial charge in [-0.1, -0.05) is 111 Å². The molecule has 0 aromatic heterocycles. The highest BCUT2D eigenvalue weighted by atomic mass is 19.1. The molecular formula is C30H29F. The summed E-state index contributed by atoms with van der Waals surface area (Å²) >= 11 is 0. The van der Waals surface area contributed by atoms with E-state index >= 15 is 0 Å². The number of aryl methyl sites for hydroxylation is 1. The van der Waals surface area contributed by atoms with Crippen molar-refractivity contribution in [2.45, 2.75) is 39.0 Å². The van der Waals surface area contributed by atoms with Crippen LogP contribution in [-0.2, 0) is 12.8 Å². The lowest BCUT2D eigenvalue weighted by molar-refractivity contribution is 0.608. The second-order valence-electron chi connectivity index (χ2n) is 8.35. The highest BCUT2D eigenvalue weighted by molar-refractivity contribution is 5.70. The Bertz CT molecular complexity index is 1110. The Balaban J connectivity index is 1.46. The van der Waals surface area contributed by atoms with Gasteiger partial charge in [-0.05, 0) is 63.8 Å². The van der Waals surface area contributed by atoms with E-state index in [0.29, 0.717) is 5.92 Å². The van der Waals surface area contributed by atoms with E-state index in [1.54, 1.807) is 6.07 Å². The van der Waals surface area contributed by atoms with Gasteiger partial charge in [0, 0.05) is 0 Å². The van der Waals surface area contributed by atoms with Crippen molar-refractivity contribution in [3.05, 3.63) is 120 Å². The molecule has 4 rings (SSSR count). The van der Waals surface area contributed by atoms with Crippen molar-refractivity contribution < 1.29 is 4.39 Å². The van der Waals surface area contributed by atoms with Gasteiger partial charge >= 0.3 is 0 Å². The normalized spacial score (nSPS) is 12.0. The Morgan fingerprint density at radius 2 is 1.23 bits per heavy atom. The lowest BCUT2D eigenvalue weighted by Gasteiger charge is -2.12. The van der Waals surface area contributed by atoms with Crippen LogP contribution in [0.25, 0.3) is 22.3 Å². The van der Waals surface area contributed by atoms with Gasteiger partial charge in [0.2, 0.25) is 0 Å². The Morgan fingerprint density at radius 3 is 1.81 bits per heavy atom. The summed E-state index contributed by atoms with van der Waals surface area (Å²) in [5.74, 6) is 0.388. The van der Waals surface area contributed by atoms with Crippen LogP contribution < -0.4 is 0 Å². The molecule has 4 aromatic carbocycles. The Morgan fingerprint density at radius 1 is 0.677 bits per heavy atom. The van der Waals surface area contributed by atoms with Crippen LogP contribution >= 0.6 is 0 Å². The van der Waals surface area contributed by atoms with E-state index in [1.807, 2.05) is 12.1 Å². The number of hydrogen-bond acceptors (Lipinski definition) is 0. The van der Waals surface area contributed by atoms with Crippen LogP contribution in [0.2, 0.25) is 0 Å². The maximum absolute atomic E-state index is 14.3. The molecule has 0 saturated carbocycles. The lowest BCUT2D eigenvalue weighted by atomic mass is 9.92. The molecule has 0 N–H and O–H groups in total. The molecule has 0 fully saturated rings. The molecule has 0 aliphatic carbocycles. The van der Waals surface area contributed by atoms with Gasteiger partial charge in [-0.2, -0.15) is 0 Å². The molecule has 0 aliphatic rings. The number of hydrogen-bond donors (Lipinski definition) is 0. The third kappa shape index (κ3) is 5.11. The van der Waals surface area contributed by atoms with Gasteiger partial charge in [-0.3, -0.25) is 0 Å². The zero-order valence-corrected chi connectivity index (χ0v) is 18.3. The molecule has 0 saturated heterocycles. The maximum Gasteiger partial charge on any atom is 0.127 e. The van der Waals surface area contributed by atoms with Gasteiger partial charge < -0.3 is 0 Å². The molecule has 156 valence electrons. The van der Waals surface area contributed by atoms with E-state index < -0.39 is 0 Å². The van der Waals surface area contributed by atoms with Crippen LogP contribution in [0.15, 0.2) is 97.1 Å². The predicted octanol–water partition coefficient (Wildman–Crippen LogP) is 8.46. The minimum Gasteiger partial charge on any atom is -0.207 e. The highest BCUT2D eigenvalue weighted by Crippen LogP contribution is 2.28. The van der Waals surface area contributed by atoms with E-state index in [-0.39, 0.29) is 5.82 Å². The summed E-state index contributed by atoms with van der Waals surface area (Å²) in [5, 5.41) is 0. The summed E-state index contributed by atoms with van der Waals surface area (Å²) in [4.78, 5) is 0. The van der Waals surface area contributed by atoms with Gasteiger partial charge in [0.1, 0.15) is 5.82 Å². The summed E-state index contributed by atoms with van der Waals surface area (Å²) in [6, 6.07) is 33.5. The Hall–Kier alpha value is -3.19. The summed E-state index contributed by atoms with van der Waals surface area (Å²) in [6.45, 7) is 4.35. The average molecular weight is 409 g/mol. The molecule has 0 bridgehead atoms. The first kappa shape index (κ1) is 21.1. The molecule has 1 heteroatoms. The maximum atomic E-state index is 14.3. The topological polar surface area (TPSA) is 0 Å². The van der Waals surface area contributed by atoms with Crippen LogP contribution in [0.3, 0.4) is 0 Å². The third-order valence-electron chi connectivity index (χ3n) is 5.99. The van der Waals surface area contributed by atoms with Crippen LogP contribution in [0.5, 0.6) is 0 Å². The number of halogens is 1. The van der Waals surface area contributed by atoms with Crippen molar-refractivity contribution in [2.75, 3.05) is 0 Å². The third-order valence-corrected chi connectivity index (χ3v) is 5.99. The highest BCUT2D eigenvalue weighted by Gasteiger charge is 2.08. The molecular weight excluding hydrogens is 379 g/mol. The molecule has 0 radical (unpaired) electrons. The van der Waals surface area contributed by atoms with Gasteiger partial charge in [0.25, 0.3) is 0 Å². The average Bonchev–Trinajstić information content (AvgIpc) is 2.82. The molecule has 0 spiro atoms. The quantitative estimate of drug-likeness (QED) is 0.288. The zero-order chi connectivity index (χ0) is 21.6.